The molecule has 0 spiro atoms. The van der Waals surface area contributed by atoms with E-state index in [-0.39, 0.29) is 5.56 Å². The molecule has 116 valence electrons. The molecule has 0 saturated carbocycles. The maximum atomic E-state index is 12.0. The van der Waals surface area contributed by atoms with Crippen LogP contribution < -0.4 is 4.72 Å². The van der Waals surface area contributed by atoms with Crippen LogP contribution >= 0.6 is 22.6 Å². The smallest absolute Gasteiger partial charge is 0.452 e. The van der Waals surface area contributed by atoms with Gasteiger partial charge in [-0.25, -0.2) is 9.52 Å². The molecule has 6 nitrogen and oxygen atoms in total. The van der Waals surface area contributed by atoms with Crippen molar-refractivity contribution in [3.05, 3.63) is 33.4 Å². The lowest BCUT2D eigenvalue weighted by Gasteiger charge is -2.09. The van der Waals surface area contributed by atoms with Gasteiger partial charge in [-0.1, -0.05) is 0 Å². The summed E-state index contributed by atoms with van der Waals surface area (Å²) in [6.07, 6.45) is 0. The predicted octanol–water partition coefficient (Wildman–Crippen LogP) is 1.41. The molecule has 0 bridgehead atoms. The molecule has 0 atom stereocenters. The number of alkyl halides is 3. The van der Waals surface area contributed by atoms with Gasteiger partial charge in [-0.3, -0.25) is 4.79 Å². The van der Waals surface area contributed by atoms with E-state index in [1.165, 1.54) is 12.1 Å². The Labute approximate surface area is 130 Å². The zero-order valence-electron chi connectivity index (χ0n) is 9.98. The van der Waals surface area contributed by atoms with E-state index in [0.29, 0.717) is 0 Å². The fraction of sp³-hybridized carbons (Fsp3) is 0.200. The van der Waals surface area contributed by atoms with Gasteiger partial charge in [0.1, 0.15) is 0 Å². The quantitative estimate of drug-likeness (QED) is 0.569. The molecule has 0 aromatic heterocycles. The number of benzene rings is 1. The second-order valence-corrected chi connectivity index (χ2v) is 6.48. The molecule has 0 radical (unpaired) electrons. The zero-order chi connectivity index (χ0) is 16.3. The van der Waals surface area contributed by atoms with Gasteiger partial charge in [-0.05, 0) is 46.9 Å². The van der Waals surface area contributed by atoms with Crippen LogP contribution in [0.2, 0.25) is 0 Å². The predicted molar refractivity (Wildman–Crippen MR) is 72.6 cm³/mol. The van der Waals surface area contributed by atoms with Gasteiger partial charge < -0.3 is 4.74 Å². The van der Waals surface area contributed by atoms with Crippen molar-refractivity contribution in [1.82, 2.24) is 4.72 Å². The largest absolute Gasteiger partial charge is 0.516 e. The van der Waals surface area contributed by atoms with Gasteiger partial charge >= 0.3 is 21.5 Å². The van der Waals surface area contributed by atoms with Gasteiger partial charge in [-0.2, -0.15) is 21.6 Å². The van der Waals surface area contributed by atoms with Crippen molar-refractivity contribution >= 4 is 44.5 Å². The third-order valence-electron chi connectivity index (χ3n) is 1.97. The molecule has 1 amide bonds. The van der Waals surface area contributed by atoms with Crippen molar-refractivity contribution in [3.63, 3.8) is 0 Å². The average Bonchev–Trinajstić information content (AvgIpc) is 2.35. The third-order valence-corrected chi connectivity index (χ3v) is 3.79. The van der Waals surface area contributed by atoms with Crippen LogP contribution in [0.1, 0.15) is 10.4 Å². The Bertz CT molecular complexity index is 642. The number of carbonyl (C=O) groups is 2. The molecule has 0 unspecified atom stereocenters. The van der Waals surface area contributed by atoms with E-state index in [1.807, 2.05) is 22.6 Å². The van der Waals surface area contributed by atoms with E-state index in [1.54, 1.807) is 12.1 Å². The van der Waals surface area contributed by atoms with E-state index in [9.17, 15) is 31.2 Å². The topological polar surface area (TPSA) is 89.5 Å². The number of hydrogen-bond donors (Lipinski definition) is 1. The Kier molecular flexibility index (Phi) is 5.55. The van der Waals surface area contributed by atoms with Crippen LogP contribution in [-0.2, 0) is 19.6 Å². The zero-order valence-corrected chi connectivity index (χ0v) is 13.0. The van der Waals surface area contributed by atoms with Crippen LogP contribution in [0, 0.1) is 3.57 Å². The number of halogens is 4. The number of rotatable bonds is 4. The molecule has 0 saturated heterocycles. The summed E-state index contributed by atoms with van der Waals surface area (Å²) in [5, 5.41) is 0. The second-order valence-electron chi connectivity index (χ2n) is 3.56. The number of hydrogen-bond acceptors (Lipinski definition) is 5. The highest BCUT2D eigenvalue weighted by molar-refractivity contribution is 14.1. The lowest BCUT2D eigenvalue weighted by molar-refractivity contribution is -0.123. The van der Waals surface area contributed by atoms with Crippen molar-refractivity contribution in [1.29, 1.82) is 0 Å². The van der Waals surface area contributed by atoms with Gasteiger partial charge in [0.2, 0.25) is 0 Å². The number of ether oxygens (including phenoxy) is 1. The fourth-order valence-electron chi connectivity index (χ4n) is 1.04. The highest BCUT2D eigenvalue weighted by Gasteiger charge is 2.47. The normalized spacial score (nSPS) is 11.8. The molecule has 11 heteroatoms. The fourth-order valence-corrected chi connectivity index (χ4v) is 1.87. The molecule has 1 aromatic carbocycles. The second kappa shape index (κ2) is 6.60. The first kappa shape index (κ1) is 17.7. The van der Waals surface area contributed by atoms with E-state index in [0.717, 1.165) is 8.29 Å². The Morgan fingerprint density at radius 1 is 1.19 bits per heavy atom. The highest BCUT2D eigenvalue weighted by Crippen LogP contribution is 2.21. The summed E-state index contributed by atoms with van der Waals surface area (Å²) in [5.74, 6) is -2.57. The van der Waals surface area contributed by atoms with Crippen LogP contribution in [0.3, 0.4) is 0 Å². The van der Waals surface area contributed by atoms with Crippen molar-refractivity contribution in [3.8, 4) is 0 Å². The average molecular weight is 437 g/mol. The van der Waals surface area contributed by atoms with Gasteiger partial charge in [0.05, 0.1) is 5.56 Å². The summed E-state index contributed by atoms with van der Waals surface area (Å²) >= 11 is 1.98. The first-order valence-electron chi connectivity index (χ1n) is 5.07. The maximum absolute atomic E-state index is 12.0. The minimum Gasteiger partial charge on any atom is -0.452 e. The summed E-state index contributed by atoms with van der Waals surface area (Å²) in [6.45, 7) is -1.15. The SMILES string of the molecule is O=C(COC(=O)c1ccc(I)cc1)NS(=O)(=O)C(F)(F)F. The Hall–Kier alpha value is -1.37. The molecule has 21 heavy (non-hydrogen) atoms. The standard InChI is InChI=1S/C10H7F3INO5S/c11-10(12,13)21(18,19)15-8(16)5-20-9(17)6-1-3-7(14)4-2-6/h1-4H,5H2,(H,15,16). The van der Waals surface area contributed by atoms with Crippen molar-refractivity contribution in [2.45, 2.75) is 5.51 Å². The van der Waals surface area contributed by atoms with E-state index < -0.39 is 34.0 Å². The minimum atomic E-state index is -5.81. The van der Waals surface area contributed by atoms with Crippen molar-refractivity contribution < 1.29 is 35.9 Å². The summed E-state index contributed by atoms with van der Waals surface area (Å²) in [7, 11) is -5.81. The monoisotopic (exact) mass is 437 g/mol. The maximum Gasteiger partial charge on any atom is 0.516 e. The Balaban J connectivity index is 2.58. The molecular formula is C10H7F3INO5S. The number of esters is 1. The summed E-state index contributed by atoms with van der Waals surface area (Å²) in [6, 6.07) is 5.92. The van der Waals surface area contributed by atoms with Crippen LogP contribution in [0.15, 0.2) is 24.3 Å². The van der Waals surface area contributed by atoms with Crippen LogP contribution in [0.5, 0.6) is 0 Å². The molecule has 0 aliphatic carbocycles. The number of amides is 1. The van der Waals surface area contributed by atoms with Gasteiger partial charge in [-0.15, -0.1) is 0 Å². The molecule has 0 fully saturated rings. The first-order chi connectivity index (χ1) is 9.53. The molecule has 1 aromatic rings. The molecule has 0 aliphatic rings. The van der Waals surface area contributed by atoms with Crippen LogP contribution in [0.25, 0.3) is 0 Å². The van der Waals surface area contributed by atoms with Gasteiger partial charge in [0.15, 0.2) is 6.61 Å². The van der Waals surface area contributed by atoms with Crippen molar-refractivity contribution in [2.75, 3.05) is 6.61 Å². The van der Waals surface area contributed by atoms with E-state index in [2.05, 4.69) is 4.74 Å². The lowest BCUT2D eigenvalue weighted by Crippen LogP contribution is -2.42. The Morgan fingerprint density at radius 2 is 1.71 bits per heavy atom. The lowest BCUT2D eigenvalue weighted by atomic mass is 10.2. The summed E-state index contributed by atoms with van der Waals surface area (Å²) < 4.78 is 63.2. The van der Waals surface area contributed by atoms with Crippen LogP contribution in [0.4, 0.5) is 13.2 Å². The highest BCUT2D eigenvalue weighted by atomic mass is 127. The van der Waals surface area contributed by atoms with Crippen LogP contribution in [-0.4, -0.2) is 32.4 Å². The molecule has 1 rings (SSSR count). The van der Waals surface area contributed by atoms with Crippen molar-refractivity contribution in [2.24, 2.45) is 0 Å². The van der Waals surface area contributed by atoms with E-state index >= 15 is 0 Å². The molecule has 0 heterocycles. The third kappa shape index (κ3) is 5.15. The molecule has 1 N–H and O–H groups in total. The molecular weight excluding hydrogens is 430 g/mol. The number of sulfonamides is 1. The summed E-state index contributed by atoms with van der Waals surface area (Å²) in [4.78, 5) is 22.5. The van der Waals surface area contributed by atoms with Gasteiger partial charge in [0.25, 0.3) is 5.91 Å². The van der Waals surface area contributed by atoms with Gasteiger partial charge in [0, 0.05) is 3.57 Å². The first-order valence-corrected chi connectivity index (χ1v) is 7.64. The number of nitrogens with one attached hydrogen (secondary N) is 1. The molecule has 0 aliphatic heterocycles. The Morgan fingerprint density at radius 3 is 2.19 bits per heavy atom. The number of carbonyl (C=O) groups excluding carboxylic acids is 2. The minimum absolute atomic E-state index is 0.0712. The van der Waals surface area contributed by atoms with E-state index in [4.69, 9.17) is 0 Å². The summed E-state index contributed by atoms with van der Waals surface area (Å²) in [5.41, 5.74) is -5.55.